The number of amides is 1. The van der Waals surface area contributed by atoms with Crippen molar-refractivity contribution in [3.05, 3.63) is 33.9 Å². The second-order valence-electron chi connectivity index (χ2n) is 4.41. The highest BCUT2D eigenvalue weighted by atomic mass is 16.6. The lowest BCUT2D eigenvalue weighted by atomic mass is 10.2. The molecule has 0 saturated carbocycles. The Labute approximate surface area is 109 Å². The number of carbonyl (C=O) groups is 1. The monoisotopic (exact) mass is 265 g/mol. The second kappa shape index (κ2) is 5.66. The van der Waals surface area contributed by atoms with Crippen LogP contribution in [0, 0.1) is 10.1 Å². The number of primary amides is 1. The number of hydrogen-bond donors (Lipinski definition) is 2. The van der Waals surface area contributed by atoms with Crippen LogP contribution in [0.5, 0.6) is 5.75 Å². The summed E-state index contributed by atoms with van der Waals surface area (Å²) in [6, 6.07) is 4.06. The van der Waals surface area contributed by atoms with Gasteiger partial charge in [0.2, 0.25) is 5.91 Å². The van der Waals surface area contributed by atoms with Crippen molar-refractivity contribution in [1.29, 1.82) is 0 Å². The zero-order chi connectivity index (χ0) is 13.8. The predicted octanol–water partition coefficient (Wildman–Crippen LogP) is 0.824. The van der Waals surface area contributed by atoms with E-state index in [0.717, 1.165) is 19.4 Å². The molecule has 1 fully saturated rings. The summed E-state index contributed by atoms with van der Waals surface area (Å²) in [4.78, 5) is 21.4. The SMILES string of the molecule is NC(=O)c1ccc([N+](=O)[O-])c(OCC2CCCN2)c1. The van der Waals surface area contributed by atoms with Crippen LogP contribution in [0.25, 0.3) is 0 Å². The van der Waals surface area contributed by atoms with E-state index in [1.165, 1.54) is 18.2 Å². The summed E-state index contributed by atoms with van der Waals surface area (Å²) >= 11 is 0. The first-order valence-electron chi connectivity index (χ1n) is 6.02. The number of nitrogens with one attached hydrogen (secondary N) is 1. The zero-order valence-corrected chi connectivity index (χ0v) is 10.3. The van der Waals surface area contributed by atoms with Crippen LogP contribution < -0.4 is 15.8 Å². The van der Waals surface area contributed by atoms with E-state index in [1.54, 1.807) is 0 Å². The Bertz CT molecular complexity index is 498. The average molecular weight is 265 g/mol. The molecule has 1 unspecified atom stereocenters. The molecule has 7 heteroatoms. The Kier molecular flexibility index (Phi) is 3.96. The number of nitrogens with two attached hydrogens (primary N) is 1. The van der Waals surface area contributed by atoms with Gasteiger partial charge in [0.15, 0.2) is 5.75 Å². The number of hydrogen-bond acceptors (Lipinski definition) is 5. The maximum Gasteiger partial charge on any atom is 0.310 e. The van der Waals surface area contributed by atoms with Gasteiger partial charge in [-0.1, -0.05) is 0 Å². The maximum absolute atomic E-state index is 11.1. The second-order valence-corrected chi connectivity index (χ2v) is 4.41. The Morgan fingerprint density at radius 3 is 2.95 bits per heavy atom. The van der Waals surface area contributed by atoms with E-state index in [0.29, 0.717) is 6.61 Å². The molecule has 1 aromatic rings. The number of nitrogens with zero attached hydrogens (tertiary/aromatic N) is 1. The molecule has 1 aliphatic heterocycles. The molecule has 1 atom stereocenters. The molecule has 0 bridgehead atoms. The van der Waals surface area contributed by atoms with Gasteiger partial charge in [-0.2, -0.15) is 0 Å². The van der Waals surface area contributed by atoms with Gasteiger partial charge >= 0.3 is 5.69 Å². The van der Waals surface area contributed by atoms with E-state index in [2.05, 4.69) is 5.32 Å². The van der Waals surface area contributed by atoms with Gasteiger partial charge in [0, 0.05) is 23.7 Å². The van der Waals surface area contributed by atoms with Gasteiger partial charge in [-0.25, -0.2) is 0 Å². The third-order valence-corrected chi connectivity index (χ3v) is 3.04. The van der Waals surface area contributed by atoms with Crippen molar-refractivity contribution in [2.24, 2.45) is 5.73 Å². The van der Waals surface area contributed by atoms with Crippen molar-refractivity contribution in [1.82, 2.24) is 5.32 Å². The molecule has 0 spiro atoms. The number of nitro benzene ring substituents is 1. The van der Waals surface area contributed by atoms with Gasteiger partial charge in [-0.05, 0) is 25.5 Å². The normalized spacial score (nSPS) is 18.2. The van der Waals surface area contributed by atoms with Crippen molar-refractivity contribution in [2.75, 3.05) is 13.2 Å². The molecule has 1 amide bonds. The van der Waals surface area contributed by atoms with E-state index in [9.17, 15) is 14.9 Å². The van der Waals surface area contributed by atoms with Crippen LogP contribution >= 0.6 is 0 Å². The zero-order valence-electron chi connectivity index (χ0n) is 10.3. The lowest BCUT2D eigenvalue weighted by Crippen LogP contribution is -2.28. The topological polar surface area (TPSA) is 107 Å². The van der Waals surface area contributed by atoms with Crippen molar-refractivity contribution in [3.8, 4) is 5.75 Å². The minimum absolute atomic E-state index is 0.0787. The summed E-state index contributed by atoms with van der Waals surface area (Å²) < 4.78 is 5.46. The Morgan fingerprint density at radius 1 is 1.58 bits per heavy atom. The Balaban J connectivity index is 2.16. The standard InChI is InChI=1S/C12H15N3O4/c13-12(16)8-3-4-10(15(17)18)11(6-8)19-7-9-2-1-5-14-9/h3-4,6,9,14H,1-2,5,7H2,(H2,13,16). The first kappa shape index (κ1) is 13.3. The van der Waals surface area contributed by atoms with Crippen LogP contribution in [0.3, 0.4) is 0 Å². The van der Waals surface area contributed by atoms with Crippen LogP contribution in [-0.4, -0.2) is 30.0 Å². The number of nitro groups is 1. The largest absolute Gasteiger partial charge is 0.485 e. The fourth-order valence-corrected chi connectivity index (χ4v) is 2.02. The molecule has 0 aromatic heterocycles. The number of carbonyl (C=O) groups excluding carboxylic acids is 1. The highest BCUT2D eigenvalue weighted by Crippen LogP contribution is 2.28. The summed E-state index contributed by atoms with van der Waals surface area (Å²) in [7, 11) is 0. The minimum Gasteiger partial charge on any atom is -0.485 e. The van der Waals surface area contributed by atoms with Crippen molar-refractivity contribution < 1.29 is 14.5 Å². The molecule has 0 radical (unpaired) electrons. The van der Waals surface area contributed by atoms with Gasteiger partial charge in [-0.3, -0.25) is 14.9 Å². The number of benzene rings is 1. The third kappa shape index (κ3) is 3.19. The molecule has 1 heterocycles. The smallest absolute Gasteiger partial charge is 0.310 e. The molecule has 102 valence electrons. The molecule has 1 aromatic carbocycles. The fourth-order valence-electron chi connectivity index (χ4n) is 2.02. The van der Waals surface area contributed by atoms with E-state index >= 15 is 0 Å². The molecule has 7 nitrogen and oxygen atoms in total. The van der Waals surface area contributed by atoms with Crippen LogP contribution in [0.2, 0.25) is 0 Å². The Hall–Kier alpha value is -2.15. The maximum atomic E-state index is 11.1. The van der Waals surface area contributed by atoms with Gasteiger partial charge in [0.25, 0.3) is 0 Å². The summed E-state index contributed by atoms with van der Waals surface area (Å²) in [5, 5.41) is 14.1. The predicted molar refractivity (Wildman–Crippen MR) is 68.1 cm³/mol. The molecule has 0 aliphatic carbocycles. The van der Waals surface area contributed by atoms with Crippen molar-refractivity contribution in [2.45, 2.75) is 18.9 Å². The number of ether oxygens (including phenoxy) is 1. The van der Waals surface area contributed by atoms with E-state index < -0.39 is 10.8 Å². The van der Waals surface area contributed by atoms with Crippen molar-refractivity contribution in [3.63, 3.8) is 0 Å². The van der Waals surface area contributed by atoms with Crippen LogP contribution in [0.1, 0.15) is 23.2 Å². The van der Waals surface area contributed by atoms with Gasteiger partial charge in [0.05, 0.1) is 4.92 Å². The molecular weight excluding hydrogens is 250 g/mol. The molecule has 1 saturated heterocycles. The number of rotatable bonds is 5. The van der Waals surface area contributed by atoms with Gasteiger partial charge in [-0.15, -0.1) is 0 Å². The molecule has 1 aliphatic rings. The molecule has 3 N–H and O–H groups in total. The third-order valence-electron chi connectivity index (χ3n) is 3.04. The van der Waals surface area contributed by atoms with Crippen LogP contribution in [-0.2, 0) is 0 Å². The quantitative estimate of drug-likeness (QED) is 0.605. The van der Waals surface area contributed by atoms with Gasteiger partial charge < -0.3 is 15.8 Å². The van der Waals surface area contributed by atoms with E-state index in [1.807, 2.05) is 0 Å². The van der Waals surface area contributed by atoms with E-state index in [-0.39, 0.29) is 23.0 Å². The fraction of sp³-hybridized carbons (Fsp3) is 0.417. The summed E-state index contributed by atoms with van der Waals surface area (Å²) in [5.41, 5.74) is 5.18. The van der Waals surface area contributed by atoms with Crippen molar-refractivity contribution >= 4 is 11.6 Å². The van der Waals surface area contributed by atoms with Gasteiger partial charge in [0.1, 0.15) is 6.61 Å². The van der Waals surface area contributed by atoms with Crippen LogP contribution in [0.4, 0.5) is 5.69 Å². The van der Waals surface area contributed by atoms with E-state index in [4.69, 9.17) is 10.5 Å². The molecular formula is C12H15N3O4. The average Bonchev–Trinajstić information content (AvgIpc) is 2.88. The summed E-state index contributed by atoms with van der Waals surface area (Å²) in [5.74, 6) is -0.561. The minimum atomic E-state index is -0.640. The lowest BCUT2D eigenvalue weighted by Gasteiger charge is -2.12. The Morgan fingerprint density at radius 2 is 2.37 bits per heavy atom. The molecule has 2 rings (SSSR count). The molecule has 19 heavy (non-hydrogen) atoms. The highest BCUT2D eigenvalue weighted by molar-refractivity contribution is 5.93. The first-order chi connectivity index (χ1) is 9.08. The highest BCUT2D eigenvalue weighted by Gasteiger charge is 2.20. The van der Waals surface area contributed by atoms with Crippen LogP contribution in [0.15, 0.2) is 18.2 Å². The first-order valence-corrected chi connectivity index (χ1v) is 6.02. The lowest BCUT2D eigenvalue weighted by molar-refractivity contribution is -0.385. The summed E-state index contributed by atoms with van der Waals surface area (Å²) in [6.07, 6.45) is 2.04. The summed E-state index contributed by atoms with van der Waals surface area (Å²) in [6.45, 7) is 1.26.